The molecule has 0 bridgehead atoms. The first-order chi connectivity index (χ1) is 6.72. The van der Waals surface area contributed by atoms with Crippen LogP contribution in [-0.4, -0.2) is 13.1 Å². The van der Waals surface area contributed by atoms with Crippen molar-refractivity contribution in [3.63, 3.8) is 0 Å². The average Bonchev–Trinajstić information content (AvgIpc) is 2.52. The fraction of sp³-hybridized carbons (Fsp3) is 1.00. The fourth-order valence-electron chi connectivity index (χ4n) is 2.64. The quantitative estimate of drug-likeness (QED) is 0.687. The van der Waals surface area contributed by atoms with Gasteiger partial charge < -0.3 is 5.32 Å². The molecule has 0 aliphatic heterocycles. The maximum Gasteiger partial charge on any atom is -0.00203 e. The summed E-state index contributed by atoms with van der Waals surface area (Å²) >= 11 is 0. The smallest absolute Gasteiger partial charge is 0.00203 e. The second kappa shape index (κ2) is 6.44. The maximum absolute atomic E-state index is 3.63. The van der Waals surface area contributed by atoms with Gasteiger partial charge in [-0.2, -0.15) is 0 Å². The molecular formula is C13H27N. The summed E-state index contributed by atoms with van der Waals surface area (Å²) in [6, 6.07) is 0. The first-order valence-corrected chi connectivity index (χ1v) is 6.43. The molecule has 0 saturated heterocycles. The summed E-state index contributed by atoms with van der Waals surface area (Å²) in [7, 11) is 0. The van der Waals surface area contributed by atoms with E-state index in [1.54, 1.807) is 0 Å². The summed E-state index contributed by atoms with van der Waals surface area (Å²) in [5.74, 6) is 2.81. The van der Waals surface area contributed by atoms with E-state index in [2.05, 4.69) is 26.1 Å². The molecule has 0 radical (unpaired) electrons. The van der Waals surface area contributed by atoms with Gasteiger partial charge >= 0.3 is 0 Å². The molecule has 1 rings (SSSR count). The van der Waals surface area contributed by atoms with Gasteiger partial charge in [-0.05, 0) is 50.1 Å². The average molecular weight is 197 g/mol. The van der Waals surface area contributed by atoms with Gasteiger partial charge in [0, 0.05) is 0 Å². The Labute approximate surface area is 89.7 Å². The van der Waals surface area contributed by atoms with Crippen molar-refractivity contribution in [2.75, 3.05) is 13.1 Å². The van der Waals surface area contributed by atoms with Crippen molar-refractivity contribution >= 4 is 0 Å². The zero-order valence-corrected chi connectivity index (χ0v) is 10.2. The van der Waals surface area contributed by atoms with Crippen molar-refractivity contribution in [1.29, 1.82) is 0 Å². The molecule has 1 aliphatic carbocycles. The van der Waals surface area contributed by atoms with Gasteiger partial charge in [0.25, 0.3) is 0 Å². The van der Waals surface area contributed by atoms with Crippen molar-refractivity contribution in [3.8, 4) is 0 Å². The zero-order chi connectivity index (χ0) is 10.4. The molecule has 1 nitrogen and oxygen atoms in total. The van der Waals surface area contributed by atoms with Crippen LogP contribution in [0.4, 0.5) is 0 Å². The third-order valence-electron chi connectivity index (χ3n) is 3.51. The standard InChI is InChI=1S/C13H27N/c1-4-5-12(3)9-14-10-13-7-6-11(2)8-13/h11-14H,4-10H2,1-3H3. The Morgan fingerprint density at radius 1 is 1.36 bits per heavy atom. The molecule has 0 aromatic carbocycles. The minimum Gasteiger partial charge on any atom is -0.316 e. The van der Waals surface area contributed by atoms with E-state index in [0.29, 0.717) is 0 Å². The van der Waals surface area contributed by atoms with Crippen LogP contribution in [0.5, 0.6) is 0 Å². The van der Waals surface area contributed by atoms with E-state index in [1.165, 1.54) is 45.2 Å². The Hall–Kier alpha value is -0.0400. The number of nitrogens with one attached hydrogen (secondary N) is 1. The molecule has 1 aliphatic rings. The second-order valence-corrected chi connectivity index (χ2v) is 5.34. The van der Waals surface area contributed by atoms with E-state index in [9.17, 15) is 0 Å². The monoisotopic (exact) mass is 197 g/mol. The number of hydrogen-bond acceptors (Lipinski definition) is 1. The van der Waals surface area contributed by atoms with Crippen molar-refractivity contribution in [3.05, 3.63) is 0 Å². The molecule has 0 amide bonds. The number of hydrogen-bond donors (Lipinski definition) is 1. The molecule has 0 aromatic heterocycles. The minimum absolute atomic E-state index is 0.860. The van der Waals surface area contributed by atoms with Gasteiger partial charge in [0.2, 0.25) is 0 Å². The Morgan fingerprint density at radius 2 is 2.14 bits per heavy atom. The summed E-state index contributed by atoms with van der Waals surface area (Å²) < 4.78 is 0. The first-order valence-electron chi connectivity index (χ1n) is 6.43. The van der Waals surface area contributed by atoms with Crippen molar-refractivity contribution < 1.29 is 0 Å². The van der Waals surface area contributed by atoms with Gasteiger partial charge in [0.1, 0.15) is 0 Å². The maximum atomic E-state index is 3.63. The van der Waals surface area contributed by atoms with Gasteiger partial charge in [0.15, 0.2) is 0 Å². The molecule has 0 aromatic rings. The lowest BCUT2D eigenvalue weighted by molar-refractivity contribution is 0.422. The van der Waals surface area contributed by atoms with Gasteiger partial charge in [-0.3, -0.25) is 0 Å². The largest absolute Gasteiger partial charge is 0.316 e. The highest BCUT2D eigenvalue weighted by molar-refractivity contribution is 4.74. The van der Waals surface area contributed by atoms with E-state index in [-0.39, 0.29) is 0 Å². The Morgan fingerprint density at radius 3 is 2.71 bits per heavy atom. The van der Waals surface area contributed by atoms with Gasteiger partial charge in [0.05, 0.1) is 0 Å². The lowest BCUT2D eigenvalue weighted by Gasteiger charge is -2.14. The highest BCUT2D eigenvalue weighted by Gasteiger charge is 2.20. The van der Waals surface area contributed by atoms with E-state index < -0.39 is 0 Å². The lowest BCUT2D eigenvalue weighted by Crippen LogP contribution is -2.26. The molecule has 14 heavy (non-hydrogen) atoms. The topological polar surface area (TPSA) is 12.0 Å². The van der Waals surface area contributed by atoms with Crippen LogP contribution in [0.1, 0.15) is 52.9 Å². The minimum atomic E-state index is 0.860. The van der Waals surface area contributed by atoms with Crippen molar-refractivity contribution in [1.82, 2.24) is 5.32 Å². The molecule has 0 heterocycles. The van der Waals surface area contributed by atoms with Crippen LogP contribution in [0.3, 0.4) is 0 Å². The molecule has 1 saturated carbocycles. The van der Waals surface area contributed by atoms with Crippen LogP contribution >= 0.6 is 0 Å². The third kappa shape index (κ3) is 4.45. The summed E-state index contributed by atoms with van der Waals surface area (Å²) in [5.41, 5.74) is 0. The second-order valence-electron chi connectivity index (χ2n) is 5.34. The molecule has 1 fully saturated rings. The number of rotatable bonds is 6. The van der Waals surface area contributed by atoms with Gasteiger partial charge in [-0.25, -0.2) is 0 Å². The molecule has 3 atom stereocenters. The normalized spacial score (nSPS) is 29.4. The van der Waals surface area contributed by atoms with E-state index in [0.717, 1.165) is 17.8 Å². The molecule has 1 N–H and O–H groups in total. The highest BCUT2D eigenvalue weighted by Crippen LogP contribution is 2.29. The van der Waals surface area contributed by atoms with Crippen LogP contribution in [0.15, 0.2) is 0 Å². The van der Waals surface area contributed by atoms with Crippen molar-refractivity contribution in [2.45, 2.75) is 52.9 Å². The molecule has 0 spiro atoms. The van der Waals surface area contributed by atoms with Crippen LogP contribution in [0.2, 0.25) is 0 Å². The van der Waals surface area contributed by atoms with E-state index >= 15 is 0 Å². The SMILES string of the molecule is CCCC(C)CNCC1CCC(C)C1. The molecule has 3 unspecified atom stereocenters. The molecular weight excluding hydrogens is 170 g/mol. The van der Waals surface area contributed by atoms with E-state index in [4.69, 9.17) is 0 Å². The van der Waals surface area contributed by atoms with Gasteiger partial charge in [-0.1, -0.05) is 33.6 Å². The predicted octanol–water partition coefficient (Wildman–Crippen LogP) is 3.45. The predicted molar refractivity (Wildman–Crippen MR) is 63.4 cm³/mol. The Bertz CT molecular complexity index is 144. The lowest BCUT2D eigenvalue weighted by atomic mass is 10.0. The fourth-order valence-corrected chi connectivity index (χ4v) is 2.64. The summed E-state index contributed by atoms with van der Waals surface area (Å²) in [6.45, 7) is 9.50. The van der Waals surface area contributed by atoms with Crippen LogP contribution in [0, 0.1) is 17.8 Å². The van der Waals surface area contributed by atoms with Crippen LogP contribution < -0.4 is 5.32 Å². The summed E-state index contributed by atoms with van der Waals surface area (Å²) in [6.07, 6.45) is 7.06. The summed E-state index contributed by atoms with van der Waals surface area (Å²) in [5, 5.41) is 3.63. The third-order valence-corrected chi connectivity index (χ3v) is 3.51. The van der Waals surface area contributed by atoms with Crippen LogP contribution in [-0.2, 0) is 0 Å². The van der Waals surface area contributed by atoms with Crippen LogP contribution in [0.25, 0.3) is 0 Å². The van der Waals surface area contributed by atoms with Crippen molar-refractivity contribution in [2.24, 2.45) is 17.8 Å². The Balaban J connectivity index is 1.98. The first kappa shape index (κ1) is 12.0. The summed E-state index contributed by atoms with van der Waals surface area (Å²) in [4.78, 5) is 0. The Kier molecular flexibility index (Phi) is 5.54. The highest BCUT2D eigenvalue weighted by atomic mass is 14.9. The zero-order valence-electron chi connectivity index (χ0n) is 10.2. The molecule has 1 heteroatoms. The van der Waals surface area contributed by atoms with E-state index in [1.807, 2.05) is 0 Å². The molecule has 84 valence electrons. The van der Waals surface area contributed by atoms with Gasteiger partial charge in [-0.15, -0.1) is 0 Å².